The van der Waals surface area contributed by atoms with E-state index in [4.69, 9.17) is 19.9 Å². The fourth-order valence-corrected chi connectivity index (χ4v) is 11.2. The Labute approximate surface area is 388 Å². The molecule has 6 aromatic heterocycles. The van der Waals surface area contributed by atoms with E-state index < -0.39 is 0 Å². The first kappa shape index (κ1) is 37.1. The fourth-order valence-electron chi connectivity index (χ4n) is 11.2. The van der Waals surface area contributed by atoms with Gasteiger partial charge in [-0.3, -0.25) is 9.13 Å². The number of nitrogens with zero attached hydrogens (tertiary/aromatic N) is 8. The Morgan fingerprint density at radius 3 is 1.44 bits per heavy atom. The molecule has 0 saturated carbocycles. The number of benzene rings is 8. The van der Waals surface area contributed by atoms with Crippen molar-refractivity contribution in [2.75, 3.05) is 0 Å². The van der Waals surface area contributed by atoms with Gasteiger partial charge in [-0.05, 0) is 55.3 Å². The van der Waals surface area contributed by atoms with Crippen molar-refractivity contribution in [1.29, 1.82) is 0 Å². The molecule has 15 rings (SSSR count). The monoisotopic (exact) mass is 870 g/mol. The number of allylic oxidation sites excluding steroid dienone is 4. The molecule has 8 aromatic carbocycles. The van der Waals surface area contributed by atoms with Crippen LogP contribution in [0.25, 0.3) is 133 Å². The molecule has 14 aromatic rings. The van der Waals surface area contributed by atoms with Gasteiger partial charge >= 0.3 is 0 Å². The number of hydrogen-bond donors (Lipinski definition) is 0. The van der Waals surface area contributed by atoms with E-state index in [2.05, 4.69) is 212 Å². The molecule has 0 N–H and O–H groups in total. The average molecular weight is 871 g/mol. The van der Waals surface area contributed by atoms with Crippen molar-refractivity contribution < 1.29 is 0 Å². The predicted octanol–water partition coefficient (Wildman–Crippen LogP) is 14.7. The molecule has 318 valence electrons. The third-order valence-electron chi connectivity index (χ3n) is 14.0. The van der Waals surface area contributed by atoms with Gasteiger partial charge in [0.1, 0.15) is 5.69 Å². The molecule has 0 fully saturated rings. The summed E-state index contributed by atoms with van der Waals surface area (Å²) in [6.45, 7) is 0. The zero-order chi connectivity index (χ0) is 44.5. The van der Waals surface area contributed by atoms with E-state index in [1.54, 1.807) is 0 Å². The van der Waals surface area contributed by atoms with Crippen LogP contribution in [-0.4, -0.2) is 38.2 Å². The van der Waals surface area contributed by atoms with Crippen molar-refractivity contribution in [3.05, 3.63) is 206 Å². The molecule has 0 saturated heterocycles. The van der Waals surface area contributed by atoms with Gasteiger partial charge in [-0.25, -0.2) is 19.9 Å². The molecule has 8 heteroatoms. The van der Waals surface area contributed by atoms with Crippen LogP contribution >= 0.6 is 0 Å². The molecule has 6 heterocycles. The molecule has 0 spiro atoms. The highest BCUT2D eigenvalue weighted by Gasteiger charge is 2.26. The van der Waals surface area contributed by atoms with E-state index in [1.807, 2.05) is 12.3 Å². The molecule has 1 aliphatic carbocycles. The van der Waals surface area contributed by atoms with Crippen molar-refractivity contribution in [2.24, 2.45) is 0 Å². The Bertz CT molecular complexity index is 4490. The summed E-state index contributed by atoms with van der Waals surface area (Å²) in [5, 5.41) is 9.30. The number of aromatic nitrogens is 8. The minimum atomic E-state index is 0.462. The summed E-state index contributed by atoms with van der Waals surface area (Å²) < 4.78 is 9.43. The van der Waals surface area contributed by atoms with E-state index in [0.717, 1.165) is 89.9 Å². The predicted molar refractivity (Wildman–Crippen MR) is 279 cm³/mol. The standard InChI is InChI=1S/C60H38N8/c1-4-18-37(19-5-1)53-60(68-51-31-17-13-27-43(51)47-35-33-45-41-25-11-15-29-49(41)66(55(45)57(47)68)39-22-8-3-9-23-39)64-58-59(63-53)62-52(36-61-58)67-50-30-16-12-26-42(50)46-34-32-44-40-24-10-14-28-48(40)65(54(44)56(46)67)38-20-6-2-7-21-38/h1-2,4-8,10-36H,3,9H2. The van der Waals surface area contributed by atoms with Crippen LogP contribution < -0.4 is 0 Å². The third kappa shape index (κ3) is 5.14. The highest BCUT2D eigenvalue weighted by molar-refractivity contribution is 6.25. The Morgan fingerprint density at radius 1 is 0.368 bits per heavy atom. The summed E-state index contributed by atoms with van der Waals surface area (Å²) in [6.07, 6.45) is 10.8. The Morgan fingerprint density at radius 2 is 0.853 bits per heavy atom. The molecule has 0 unspecified atom stereocenters. The molecular weight excluding hydrogens is 833 g/mol. The molecule has 68 heavy (non-hydrogen) atoms. The lowest BCUT2D eigenvalue weighted by molar-refractivity contribution is 1.01. The summed E-state index contributed by atoms with van der Waals surface area (Å²) in [5.74, 6) is 1.36. The van der Waals surface area contributed by atoms with Gasteiger partial charge in [-0.15, -0.1) is 0 Å². The first-order chi connectivity index (χ1) is 33.8. The minimum Gasteiger partial charge on any atom is -0.308 e. The second kappa shape index (κ2) is 14.2. The maximum Gasteiger partial charge on any atom is 0.200 e. The molecule has 0 aliphatic heterocycles. The molecule has 0 bridgehead atoms. The van der Waals surface area contributed by atoms with Crippen LogP contribution in [0.5, 0.6) is 0 Å². The maximum absolute atomic E-state index is 5.55. The summed E-state index contributed by atoms with van der Waals surface area (Å²) >= 11 is 0. The van der Waals surface area contributed by atoms with Gasteiger partial charge in [0, 0.05) is 60.0 Å². The lowest BCUT2D eigenvalue weighted by Crippen LogP contribution is -2.08. The number of rotatable bonds is 5. The second-order valence-corrected chi connectivity index (χ2v) is 17.7. The van der Waals surface area contributed by atoms with Gasteiger partial charge in [0.15, 0.2) is 17.3 Å². The van der Waals surface area contributed by atoms with Crippen LogP contribution in [0.3, 0.4) is 0 Å². The van der Waals surface area contributed by atoms with E-state index in [0.29, 0.717) is 22.9 Å². The fraction of sp³-hybridized carbons (Fsp3) is 0.0333. The zero-order valence-corrected chi connectivity index (χ0v) is 36.6. The molecule has 8 nitrogen and oxygen atoms in total. The lowest BCUT2D eigenvalue weighted by Gasteiger charge is -2.16. The summed E-state index contributed by atoms with van der Waals surface area (Å²) in [7, 11) is 0. The maximum atomic E-state index is 5.55. The highest BCUT2D eigenvalue weighted by Crippen LogP contribution is 2.45. The highest BCUT2D eigenvalue weighted by atomic mass is 15.2. The molecule has 1 aliphatic rings. The lowest BCUT2D eigenvalue weighted by atomic mass is 10.1. The smallest absolute Gasteiger partial charge is 0.200 e. The van der Waals surface area contributed by atoms with Crippen LogP contribution in [0.1, 0.15) is 12.8 Å². The third-order valence-corrected chi connectivity index (χ3v) is 14.0. The SMILES string of the molecule is C1=CC(n2c3ccccc3c3ccc4c5ccccc5n(-c5nc6ncc(-n7c8ccccc8c8ccc9c%10ccccc%10n(-c%10ccccc%10)c9c87)nc6nc5-c5ccccc5)c4c32)=CCC1. The van der Waals surface area contributed by atoms with E-state index in [1.165, 1.54) is 32.8 Å². The Hall–Kier alpha value is -9.14. The number of para-hydroxylation sites is 5. The van der Waals surface area contributed by atoms with Crippen molar-refractivity contribution in [3.8, 4) is 28.6 Å². The van der Waals surface area contributed by atoms with Gasteiger partial charge in [-0.1, -0.05) is 158 Å². The van der Waals surface area contributed by atoms with Crippen LogP contribution in [0, 0.1) is 0 Å². The topological polar surface area (TPSA) is 71.3 Å². The van der Waals surface area contributed by atoms with Crippen molar-refractivity contribution in [3.63, 3.8) is 0 Å². The van der Waals surface area contributed by atoms with E-state index in [9.17, 15) is 0 Å². The van der Waals surface area contributed by atoms with Crippen LogP contribution in [0.15, 0.2) is 206 Å². The van der Waals surface area contributed by atoms with Crippen molar-refractivity contribution >= 4 is 104 Å². The first-order valence-electron chi connectivity index (χ1n) is 23.2. The summed E-state index contributed by atoms with van der Waals surface area (Å²) in [5.41, 5.74) is 13.6. The molecular formula is C60H38N8. The second-order valence-electron chi connectivity index (χ2n) is 17.7. The molecule has 0 radical (unpaired) electrons. The average Bonchev–Trinajstić information content (AvgIpc) is 4.14. The van der Waals surface area contributed by atoms with Gasteiger partial charge < -0.3 is 9.13 Å². The van der Waals surface area contributed by atoms with Crippen LogP contribution in [0.4, 0.5) is 0 Å². The van der Waals surface area contributed by atoms with Crippen LogP contribution in [0.2, 0.25) is 0 Å². The zero-order valence-electron chi connectivity index (χ0n) is 36.6. The first-order valence-corrected chi connectivity index (χ1v) is 23.2. The Balaban J connectivity index is 1.05. The van der Waals surface area contributed by atoms with E-state index >= 15 is 0 Å². The van der Waals surface area contributed by atoms with Gasteiger partial charge in [0.05, 0.1) is 50.3 Å². The molecule has 0 atom stereocenters. The number of hydrogen-bond acceptors (Lipinski definition) is 4. The van der Waals surface area contributed by atoms with Crippen LogP contribution in [-0.2, 0) is 0 Å². The quantitative estimate of drug-likeness (QED) is 0.173. The molecule has 0 amide bonds. The van der Waals surface area contributed by atoms with Crippen molar-refractivity contribution in [2.45, 2.75) is 12.8 Å². The van der Waals surface area contributed by atoms with E-state index in [-0.39, 0.29) is 0 Å². The summed E-state index contributed by atoms with van der Waals surface area (Å²) in [4.78, 5) is 21.8. The number of fused-ring (bicyclic) bond motifs is 15. The van der Waals surface area contributed by atoms with Gasteiger partial charge in [0.25, 0.3) is 0 Å². The van der Waals surface area contributed by atoms with Gasteiger partial charge in [-0.2, -0.15) is 0 Å². The Kier molecular flexibility index (Phi) is 7.74. The minimum absolute atomic E-state index is 0.462. The summed E-state index contributed by atoms with van der Waals surface area (Å²) in [6, 6.07) is 64.8. The van der Waals surface area contributed by atoms with Crippen molar-refractivity contribution in [1.82, 2.24) is 38.2 Å². The van der Waals surface area contributed by atoms with Gasteiger partial charge in [0.2, 0.25) is 5.65 Å². The largest absolute Gasteiger partial charge is 0.308 e. The normalized spacial score (nSPS) is 13.2.